The van der Waals surface area contributed by atoms with Crippen molar-refractivity contribution in [2.75, 3.05) is 5.32 Å². The Balaban J connectivity index is 2.03. The first-order valence-corrected chi connectivity index (χ1v) is 7.14. The Morgan fingerprint density at radius 3 is 2.75 bits per heavy atom. The molecule has 0 aliphatic carbocycles. The Labute approximate surface area is 118 Å². The van der Waals surface area contributed by atoms with Crippen molar-refractivity contribution in [3.05, 3.63) is 47.0 Å². The van der Waals surface area contributed by atoms with E-state index in [0.29, 0.717) is 0 Å². The molecule has 0 amide bonds. The normalized spacial score (nSPS) is 17.6. The molecule has 0 atom stereocenters. The summed E-state index contributed by atoms with van der Waals surface area (Å²) in [6.07, 6.45) is 1.08. The van der Waals surface area contributed by atoms with E-state index in [4.69, 9.17) is 4.99 Å². The van der Waals surface area contributed by atoms with Crippen molar-refractivity contribution in [1.29, 1.82) is 0 Å². The van der Waals surface area contributed by atoms with Gasteiger partial charge in [-0.15, -0.1) is 0 Å². The molecule has 2 aromatic rings. The zero-order chi connectivity index (χ0) is 13.9. The van der Waals surface area contributed by atoms with Gasteiger partial charge in [0.15, 0.2) is 0 Å². The molecule has 0 radical (unpaired) electrons. The van der Waals surface area contributed by atoms with Crippen molar-refractivity contribution in [3.63, 3.8) is 0 Å². The van der Waals surface area contributed by atoms with Crippen molar-refractivity contribution in [2.24, 2.45) is 4.99 Å². The molecule has 0 spiro atoms. The molecule has 2 heterocycles. The third kappa shape index (κ3) is 1.61. The third-order valence-corrected chi connectivity index (χ3v) is 4.21. The van der Waals surface area contributed by atoms with Crippen LogP contribution in [0.4, 0.5) is 11.4 Å². The summed E-state index contributed by atoms with van der Waals surface area (Å²) in [4.78, 5) is 4.75. The SMILES string of the molecule is CC1=c2cc3c(cc2NC(C)(C)C1)=Nc1ccccc1-3. The highest BCUT2D eigenvalue weighted by Crippen LogP contribution is 2.33. The standard InChI is InChI=1S/C18H18N2/c1-11-10-18(2,3)20-17-9-16-14(8-13(11)17)12-6-4-5-7-15(12)19-16/h4-9,20H,10H2,1-3H3. The molecule has 0 bridgehead atoms. The minimum absolute atomic E-state index is 0.122. The van der Waals surface area contributed by atoms with E-state index in [0.717, 1.165) is 17.5 Å². The molecule has 100 valence electrons. The highest BCUT2D eigenvalue weighted by molar-refractivity contribution is 5.81. The topological polar surface area (TPSA) is 24.4 Å². The fourth-order valence-corrected chi connectivity index (χ4v) is 3.45. The predicted octanol–water partition coefficient (Wildman–Crippen LogP) is 3.38. The maximum Gasteiger partial charge on any atom is 0.0737 e. The van der Waals surface area contributed by atoms with E-state index in [1.807, 2.05) is 6.07 Å². The summed E-state index contributed by atoms with van der Waals surface area (Å²) < 4.78 is 0. The predicted molar refractivity (Wildman–Crippen MR) is 83.7 cm³/mol. The van der Waals surface area contributed by atoms with Gasteiger partial charge in [-0.1, -0.05) is 23.8 Å². The maximum absolute atomic E-state index is 4.75. The molecule has 2 aromatic carbocycles. The number of para-hydroxylation sites is 1. The molecule has 1 N–H and O–H groups in total. The number of hydrogen-bond donors (Lipinski definition) is 1. The zero-order valence-electron chi connectivity index (χ0n) is 12.1. The zero-order valence-corrected chi connectivity index (χ0v) is 12.1. The van der Waals surface area contributed by atoms with Gasteiger partial charge in [0, 0.05) is 22.4 Å². The molecule has 20 heavy (non-hydrogen) atoms. The first-order chi connectivity index (χ1) is 9.53. The quantitative estimate of drug-likeness (QED) is 0.660. The van der Waals surface area contributed by atoms with Crippen LogP contribution in [0.25, 0.3) is 16.7 Å². The molecule has 4 rings (SSSR count). The Bertz CT molecular complexity index is 844. The Morgan fingerprint density at radius 2 is 1.90 bits per heavy atom. The molecule has 0 unspecified atom stereocenters. The van der Waals surface area contributed by atoms with Crippen LogP contribution in [0.5, 0.6) is 0 Å². The molecular formula is C18H18N2. The summed E-state index contributed by atoms with van der Waals surface area (Å²) >= 11 is 0. The van der Waals surface area contributed by atoms with Gasteiger partial charge < -0.3 is 5.32 Å². The van der Waals surface area contributed by atoms with Crippen molar-refractivity contribution in [1.82, 2.24) is 0 Å². The molecule has 0 aromatic heterocycles. The van der Waals surface area contributed by atoms with Gasteiger partial charge in [-0.2, -0.15) is 0 Å². The van der Waals surface area contributed by atoms with Crippen LogP contribution in [0, 0.1) is 0 Å². The lowest BCUT2D eigenvalue weighted by Gasteiger charge is -2.32. The Kier molecular flexibility index (Phi) is 2.18. The maximum atomic E-state index is 4.75. The van der Waals surface area contributed by atoms with E-state index in [-0.39, 0.29) is 5.54 Å². The van der Waals surface area contributed by atoms with Crippen LogP contribution in [0.15, 0.2) is 41.4 Å². The van der Waals surface area contributed by atoms with Crippen LogP contribution in [0.1, 0.15) is 27.2 Å². The van der Waals surface area contributed by atoms with Gasteiger partial charge in [0.2, 0.25) is 0 Å². The smallest absolute Gasteiger partial charge is 0.0737 e. The lowest BCUT2D eigenvalue weighted by atomic mass is 9.89. The second-order valence-corrected chi connectivity index (χ2v) is 6.51. The molecule has 0 saturated heterocycles. The number of fused-ring (bicyclic) bond motifs is 4. The summed E-state index contributed by atoms with van der Waals surface area (Å²) in [7, 11) is 0. The second kappa shape index (κ2) is 3.72. The molecule has 2 heteroatoms. The van der Waals surface area contributed by atoms with Crippen LogP contribution in [0.2, 0.25) is 0 Å². The summed E-state index contributed by atoms with van der Waals surface area (Å²) in [5, 5.41) is 6.07. The lowest BCUT2D eigenvalue weighted by molar-refractivity contribution is 0.573. The fraction of sp³-hybridized carbons (Fsp3) is 0.278. The third-order valence-electron chi connectivity index (χ3n) is 4.21. The number of rotatable bonds is 0. The van der Waals surface area contributed by atoms with E-state index in [9.17, 15) is 0 Å². The minimum Gasteiger partial charge on any atom is -0.379 e. The molecule has 2 aliphatic rings. The fourth-order valence-electron chi connectivity index (χ4n) is 3.45. The van der Waals surface area contributed by atoms with Gasteiger partial charge >= 0.3 is 0 Å². The van der Waals surface area contributed by atoms with Crippen LogP contribution < -0.4 is 15.9 Å². The van der Waals surface area contributed by atoms with E-state index in [2.05, 4.69) is 56.4 Å². The summed E-state index contributed by atoms with van der Waals surface area (Å²) in [6.45, 7) is 6.74. The Morgan fingerprint density at radius 1 is 1.10 bits per heavy atom. The van der Waals surface area contributed by atoms with Crippen LogP contribution in [-0.4, -0.2) is 5.54 Å². The van der Waals surface area contributed by atoms with Gasteiger partial charge in [0.25, 0.3) is 0 Å². The number of nitrogens with one attached hydrogen (secondary N) is 1. The van der Waals surface area contributed by atoms with Crippen molar-refractivity contribution < 1.29 is 0 Å². The number of benzene rings is 2. The van der Waals surface area contributed by atoms with Crippen molar-refractivity contribution in [2.45, 2.75) is 32.7 Å². The molecule has 2 aliphatic heterocycles. The number of nitrogens with zero attached hydrogens (tertiary/aromatic N) is 1. The van der Waals surface area contributed by atoms with Crippen LogP contribution in [0.3, 0.4) is 0 Å². The molecule has 0 fully saturated rings. The first kappa shape index (κ1) is 11.7. The van der Waals surface area contributed by atoms with Gasteiger partial charge in [-0.25, -0.2) is 4.99 Å². The highest BCUT2D eigenvalue weighted by Gasteiger charge is 2.25. The highest BCUT2D eigenvalue weighted by atomic mass is 15.0. The van der Waals surface area contributed by atoms with E-state index < -0.39 is 0 Å². The first-order valence-electron chi connectivity index (χ1n) is 7.14. The summed E-state index contributed by atoms with van der Waals surface area (Å²) in [6, 6.07) is 12.9. The van der Waals surface area contributed by atoms with E-state index in [1.54, 1.807) is 0 Å². The molecule has 2 nitrogen and oxygen atoms in total. The lowest BCUT2D eigenvalue weighted by Crippen LogP contribution is -2.39. The van der Waals surface area contributed by atoms with Gasteiger partial charge in [-0.3, -0.25) is 0 Å². The average Bonchev–Trinajstić information content (AvgIpc) is 2.72. The van der Waals surface area contributed by atoms with Gasteiger partial charge in [0.05, 0.1) is 11.0 Å². The molecule has 0 saturated carbocycles. The summed E-state index contributed by atoms with van der Waals surface area (Å²) in [5.41, 5.74) is 6.39. The van der Waals surface area contributed by atoms with Crippen LogP contribution in [-0.2, 0) is 0 Å². The minimum atomic E-state index is 0.122. The molecular weight excluding hydrogens is 244 g/mol. The largest absolute Gasteiger partial charge is 0.379 e. The van der Waals surface area contributed by atoms with Crippen molar-refractivity contribution in [3.8, 4) is 11.1 Å². The average molecular weight is 262 g/mol. The van der Waals surface area contributed by atoms with Crippen molar-refractivity contribution >= 4 is 16.9 Å². The van der Waals surface area contributed by atoms with Gasteiger partial charge in [0.1, 0.15) is 0 Å². The van der Waals surface area contributed by atoms with Crippen LogP contribution >= 0.6 is 0 Å². The summed E-state index contributed by atoms with van der Waals surface area (Å²) in [5.74, 6) is 0. The second-order valence-electron chi connectivity index (χ2n) is 6.51. The Hall–Kier alpha value is -2.09. The number of hydrogen-bond acceptors (Lipinski definition) is 2. The van der Waals surface area contributed by atoms with E-state index in [1.165, 1.54) is 27.6 Å². The van der Waals surface area contributed by atoms with Gasteiger partial charge in [-0.05, 0) is 50.6 Å². The number of anilines is 1. The monoisotopic (exact) mass is 262 g/mol. The van der Waals surface area contributed by atoms with E-state index >= 15 is 0 Å².